The lowest BCUT2D eigenvalue weighted by atomic mass is 9.99. The number of para-hydroxylation sites is 1. The number of thiophene rings is 1. The van der Waals surface area contributed by atoms with Crippen molar-refractivity contribution in [2.24, 2.45) is 0 Å². The van der Waals surface area contributed by atoms with E-state index < -0.39 is 83.6 Å². The maximum Gasteiger partial charge on any atom is 0.166 e. The zero-order valence-electron chi connectivity index (χ0n) is 44.6. The van der Waals surface area contributed by atoms with E-state index in [9.17, 15) is 6.85 Å². The Morgan fingerprint density at radius 3 is 1.76 bits per heavy atom. The summed E-state index contributed by atoms with van der Waals surface area (Å²) in [7, 11) is 0. The van der Waals surface area contributed by atoms with E-state index in [1.807, 2.05) is 127 Å². The monoisotopic (exact) mass is 820 g/mol. The predicted molar refractivity (Wildman–Crippen MR) is 260 cm³/mol. The van der Waals surface area contributed by atoms with Gasteiger partial charge in [-0.2, -0.15) is 0 Å². The van der Waals surface area contributed by atoms with Crippen LogP contribution in [0.25, 0.3) is 115 Å². The molecule has 62 heavy (non-hydrogen) atoms. The molecule has 0 fully saturated rings. The van der Waals surface area contributed by atoms with Gasteiger partial charge in [-0.1, -0.05) is 170 Å². The number of benzene rings is 9. The van der Waals surface area contributed by atoms with Gasteiger partial charge in [-0.3, -0.25) is 0 Å². The van der Waals surface area contributed by atoms with Gasteiger partial charge in [0.15, 0.2) is 17.5 Å². The molecule has 0 N–H and O–H groups in total. The van der Waals surface area contributed by atoms with E-state index in [2.05, 4.69) is 18.2 Å². The molecule has 0 aliphatic carbocycles. The molecule has 3 heterocycles. The molecule has 0 amide bonds. The molecule has 12 rings (SSSR count). The largest absolute Gasteiger partial charge is 0.308 e. The van der Waals surface area contributed by atoms with Crippen LogP contribution in [-0.4, -0.2) is 19.5 Å². The number of hydrogen-bond donors (Lipinski definition) is 0. The van der Waals surface area contributed by atoms with Gasteiger partial charge in [0, 0.05) is 47.6 Å². The normalized spacial score (nSPS) is 14.3. The second-order valence-electron chi connectivity index (χ2n) is 14.7. The fourth-order valence-electron chi connectivity index (χ4n) is 8.03. The third-order valence-electron chi connectivity index (χ3n) is 11.0. The van der Waals surface area contributed by atoms with Crippen LogP contribution in [0.5, 0.6) is 0 Å². The summed E-state index contributed by atoms with van der Waals surface area (Å²) >= 11 is 1.67. The van der Waals surface area contributed by atoms with Crippen molar-refractivity contribution in [2.75, 3.05) is 0 Å². The molecule has 0 radical (unpaired) electrons. The summed E-state index contributed by atoms with van der Waals surface area (Å²) in [6.07, 6.45) is 0. The van der Waals surface area contributed by atoms with Crippen LogP contribution in [-0.2, 0) is 0 Å². The lowest BCUT2D eigenvalue weighted by Crippen LogP contribution is -2.04. The van der Waals surface area contributed by atoms with Crippen molar-refractivity contribution in [3.63, 3.8) is 0 Å². The van der Waals surface area contributed by atoms with Crippen LogP contribution in [0, 0.1) is 0 Å². The van der Waals surface area contributed by atoms with Crippen LogP contribution in [0.4, 0.5) is 0 Å². The smallest absolute Gasteiger partial charge is 0.166 e. The minimum atomic E-state index is -0.704. The van der Waals surface area contributed by atoms with Crippen molar-refractivity contribution >= 4 is 53.3 Å². The van der Waals surface area contributed by atoms with E-state index in [1.165, 1.54) is 4.57 Å². The minimum Gasteiger partial charge on any atom is -0.308 e. The molecule has 290 valence electrons. The van der Waals surface area contributed by atoms with Crippen molar-refractivity contribution in [3.8, 4) is 73.2 Å². The molecule has 12 aromatic rings. The molecule has 3 aromatic heterocycles. The molecule has 0 aliphatic rings. The summed E-state index contributed by atoms with van der Waals surface area (Å²) in [6, 6.07) is 39.5. The first-order valence-electron chi connectivity index (χ1n) is 25.9. The Morgan fingerprint density at radius 2 is 0.952 bits per heavy atom. The van der Waals surface area contributed by atoms with Crippen LogP contribution in [0.1, 0.15) is 16.4 Å². The molecule has 4 nitrogen and oxygen atoms in total. The molecule has 0 unspecified atom stereocenters. The Labute approximate surface area is 379 Å². The third kappa shape index (κ3) is 6.26. The summed E-state index contributed by atoms with van der Waals surface area (Å²) in [6.45, 7) is 0. The summed E-state index contributed by atoms with van der Waals surface area (Å²) < 4.78 is 113. The maximum absolute atomic E-state index is 9.85. The van der Waals surface area contributed by atoms with Gasteiger partial charge in [0.05, 0.1) is 33.2 Å². The number of fused-ring (bicyclic) bond motifs is 6. The van der Waals surface area contributed by atoms with Crippen molar-refractivity contribution < 1.29 is 16.4 Å². The van der Waals surface area contributed by atoms with Crippen LogP contribution < -0.4 is 0 Å². The van der Waals surface area contributed by atoms with E-state index in [0.29, 0.717) is 33.9 Å². The fraction of sp³-hybridized carbons (Fsp3) is 0. The van der Waals surface area contributed by atoms with Crippen LogP contribution in [0.15, 0.2) is 218 Å². The van der Waals surface area contributed by atoms with E-state index in [0.717, 1.165) is 36.9 Å². The Balaban J connectivity index is 1.20. The van der Waals surface area contributed by atoms with Crippen molar-refractivity contribution in [2.45, 2.75) is 0 Å². The molecule has 0 saturated heterocycles. The van der Waals surface area contributed by atoms with Gasteiger partial charge in [-0.25, -0.2) is 15.0 Å². The van der Waals surface area contributed by atoms with Gasteiger partial charge < -0.3 is 4.57 Å². The van der Waals surface area contributed by atoms with Gasteiger partial charge in [0.1, 0.15) is 0 Å². The maximum atomic E-state index is 9.85. The van der Waals surface area contributed by atoms with Gasteiger partial charge in [-0.15, -0.1) is 11.3 Å². The zero-order valence-corrected chi connectivity index (χ0v) is 33.4. The second-order valence-corrected chi connectivity index (χ2v) is 15.8. The minimum absolute atomic E-state index is 0.127. The molecule has 5 heteroatoms. The highest BCUT2D eigenvalue weighted by Gasteiger charge is 2.21. The quantitative estimate of drug-likeness (QED) is 0.161. The van der Waals surface area contributed by atoms with Crippen LogP contribution in [0.3, 0.4) is 0 Å². The number of aromatic nitrogens is 4. The SMILES string of the molecule is [2H]c1c([2H])c([2H])c(-c2c([2H])c([2H])c3c(c2[2H])c2c([2H])c([2H])c([2H])c([2H])c2n3-c2cc(-c3ccc4sc5ccccc5c4c3)ccc2-c2nc(-c3ccccc3)nc(-c3ccc(-c4ccccc4)cc3)n2)c([2H])c1[2H]. The van der Waals surface area contributed by atoms with Crippen molar-refractivity contribution in [1.82, 2.24) is 19.5 Å². The van der Waals surface area contributed by atoms with Gasteiger partial charge in [0.25, 0.3) is 0 Å². The first kappa shape index (κ1) is 25.6. The number of rotatable bonds is 7. The zero-order chi connectivity index (χ0) is 51.4. The van der Waals surface area contributed by atoms with E-state index >= 15 is 0 Å². The lowest BCUT2D eigenvalue weighted by molar-refractivity contribution is 1.06. The Morgan fingerprint density at radius 1 is 0.371 bits per heavy atom. The van der Waals surface area contributed by atoms with Crippen molar-refractivity contribution in [1.29, 1.82) is 0 Å². The average Bonchev–Trinajstić information content (AvgIpc) is 4.00. The summed E-state index contributed by atoms with van der Waals surface area (Å²) in [5, 5.41) is 1.75. The molecule has 0 saturated carbocycles. The molecule has 0 spiro atoms. The first-order chi connectivity index (χ1) is 35.7. The summed E-state index contributed by atoms with van der Waals surface area (Å²) in [5.74, 6) is 0.823. The molecular formula is C57H36N4S. The highest BCUT2D eigenvalue weighted by atomic mass is 32.1. The van der Waals surface area contributed by atoms with Crippen molar-refractivity contribution in [3.05, 3.63) is 218 Å². The fourth-order valence-corrected chi connectivity index (χ4v) is 9.12. The average molecular weight is 821 g/mol. The number of hydrogen-bond acceptors (Lipinski definition) is 4. The Bertz CT molecular complexity index is 4300. The molecule has 9 aromatic carbocycles. The van der Waals surface area contributed by atoms with Gasteiger partial charge in [-0.05, 0) is 81.8 Å². The molecule has 0 bridgehead atoms. The highest BCUT2D eigenvalue weighted by molar-refractivity contribution is 7.25. The Kier molecular flexibility index (Phi) is 6.16. The highest BCUT2D eigenvalue weighted by Crippen LogP contribution is 2.41. The van der Waals surface area contributed by atoms with E-state index in [4.69, 9.17) is 24.5 Å². The Hall–Kier alpha value is -7.99. The molecule has 0 aliphatic heterocycles. The summed E-state index contributed by atoms with van der Waals surface area (Å²) in [5.41, 5.74) is 4.22. The standard InChI is InChI=1S/C57H36N4S/c1-4-14-37(15-5-1)39-24-26-41(27-25-39)56-58-55(40-18-8-3-9-19-40)59-57(60-56)47-31-28-44(43-30-33-54-49(35-43)46-21-11-13-23-53(46)62-54)36-52(47)61-50-22-12-10-20-45(50)48-34-42(29-32-51(48)61)38-16-6-2-7-17-38/h1-36H/i2D,6D,7D,10D,12D,16D,17D,20D,22D,29D,32D,34D. The lowest BCUT2D eigenvalue weighted by Gasteiger charge is -2.17. The molecular weight excluding hydrogens is 773 g/mol. The van der Waals surface area contributed by atoms with Crippen LogP contribution >= 0.6 is 11.3 Å². The first-order valence-corrected chi connectivity index (χ1v) is 20.7. The summed E-state index contributed by atoms with van der Waals surface area (Å²) in [4.78, 5) is 15.2. The third-order valence-corrected chi connectivity index (χ3v) is 12.2. The predicted octanol–water partition coefficient (Wildman–Crippen LogP) is 15.3. The molecule has 0 atom stereocenters. The van der Waals surface area contributed by atoms with E-state index in [1.54, 1.807) is 11.3 Å². The van der Waals surface area contributed by atoms with E-state index in [-0.39, 0.29) is 33.3 Å². The van der Waals surface area contributed by atoms with Gasteiger partial charge in [0.2, 0.25) is 0 Å². The van der Waals surface area contributed by atoms with Crippen LogP contribution in [0.2, 0.25) is 0 Å². The number of nitrogens with zero attached hydrogens (tertiary/aromatic N) is 4. The topological polar surface area (TPSA) is 43.6 Å². The van der Waals surface area contributed by atoms with Gasteiger partial charge >= 0.3 is 0 Å². The second kappa shape index (κ2) is 14.9.